The molecule has 0 radical (unpaired) electrons. The van der Waals surface area contributed by atoms with Gasteiger partial charge >= 0.3 is 5.97 Å². The first-order valence-electron chi connectivity index (χ1n) is 5.28. The predicted octanol–water partition coefficient (Wildman–Crippen LogP) is 1.27. The van der Waals surface area contributed by atoms with Crippen LogP contribution in [0.4, 0.5) is 0 Å². The molecule has 0 aromatic heterocycles. The van der Waals surface area contributed by atoms with Crippen LogP contribution >= 0.6 is 0 Å². The molecule has 0 saturated carbocycles. The van der Waals surface area contributed by atoms with Gasteiger partial charge in [-0.25, -0.2) is 0 Å². The van der Waals surface area contributed by atoms with Gasteiger partial charge in [0.15, 0.2) is 11.5 Å². The van der Waals surface area contributed by atoms with Gasteiger partial charge in [-0.3, -0.25) is 4.79 Å². The van der Waals surface area contributed by atoms with Crippen LogP contribution in [-0.4, -0.2) is 26.8 Å². The lowest BCUT2D eigenvalue weighted by Gasteiger charge is -2.14. The maximum absolute atomic E-state index is 11.3. The van der Waals surface area contributed by atoms with E-state index in [1.807, 2.05) is 6.92 Å². The fraction of sp³-hybridized carbons (Fsp3) is 0.417. The third kappa shape index (κ3) is 3.10. The molecule has 94 valence electrons. The molecule has 0 aliphatic rings. The first kappa shape index (κ1) is 13.3. The number of benzene rings is 1. The summed E-state index contributed by atoms with van der Waals surface area (Å²) in [6, 6.07) is 4.29. The first-order valence-corrected chi connectivity index (χ1v) is 5.28. The van der Waals surface area contributed by atoms with Crippen molar-refractivity contribution in [3.8, 4) is 11.5 Å². The summed E-state index contributed by atoms with van der Waals surface area (Å²) in [6.45, 7) is 2.37. The van der Waals surface area contributed by atoms with Crippen LogP contribution in [-0.2, 0) is 9.53 Å². The van der Waals surface area contributed by atoms with Crippen molar-refractivity contribution in [1.29, 1.82) is 0 Å². The topological polar surface area (TPSA) is 70.8 Å². The van der Waals surface area contributed by atoms with Gasteiger partial charge in [0.1, 0.15) is 6.04 Å². The molecule has 17 heavy (non-hydrogen) atoms. The average Bonchev–Trinajstić information content (AvgIpc) is 2.37. The molecule has 0 fully saturated rings. The van der Waals surface area contributed by atoms with Crippen LogP contribution in [0.5, 0.6) is 11.5 Å². The highest BCUT2D eigenvalue weighted by atomic mass is 16.5. The van der Waals surface area contributed by atoms with Crippen molar-refractivity contribution in [3.05, 3.63) is 23.8 Å². The van der Waals surface area contributed by atoms with Gasteiger partial charge in [-0.2, -0.15) is 0 Å². The Morgan fingerprint density at radius 3 is 2.59 bits per heavy atom. The number of rotatable bonds is 5. The number of esters is 1. The van der Waals surface area contributed by atoms with Crippen LogP contribution < -0.4 is 15.2 Å². The summed E-state index contributed by atoms with van der Waals surface area (Å²) in [5.41, 5.74) is 6.36. The highest BCUT2D eigenvalue weighted by molar-refractivity contribution is 5.77. The zero-order valence-electron chi connectivity index (χ0n) is 10.2. The van der Waals surface area contributed by atoms with Crippen molar-refractivity contribution in [2.24, 2.45) is 5.73 Å². The molecule has 1 rings (SSSR count). The van der Waals surface area contributed by atoms with Crippen LogP contribution in [0.3, 0.4) is 0 Å². The lowest BCUT2D eigenvalue weighted by Crippen LogP contribution is -2.22. The van der Waals surface area contributed by atoms with Gasteiger partial charge in [0.2, 0.25) is 0 Å². The Morgan fingerprint density at radius 1 is 1.35 bits per heavy atom. The molecule has 0 bridgehead atoms. The highest BCUT2D eigenvalue weighted by Gasteiger charge is 2.18. The van der Waals surface area contributed by atoms with E-state index in [1.165, 1.54) is 7.11 Å². The molecule has 5 heteroatoms. The molecule has 0 saturated heterocycles. The van der Waals surface area contributed by atoms with E-state index in [1.54, 1.807) is 25.3 Å². The van der Waals surface area contributed by atoms with Crippen LogP contribution in [0.15, 0.2) is 18.2 Å². The molecule has 0 aliphatic carbocycles. The van der Waals surface area contributed by atoms with E-state index in [0.29, 0.717) is 23.7 Å². The highest BCUT2D eigenvalue weighted by Crippen LogP contribution is 2.30. The maximum atomic E-state index is 11.3. The fourth-order valence-electron chi connectivity index (χ4n) is 1.42. The number of hydrogen-bond acceptors (Lipinski definition) is 5. The van der Waals surface area contributed by atoms with E-state index in [4.69, 9.17) is 15.2 Å². The molecule has 0 aliphatic heterocycles. The molecule has 1 aromatic carbocycles. The van der Waals surface area contributed by atoms with E-state index >= 15 is 0 Å². The van der Waals surface area contributed by atoms with Crippen molar-refractivity contribution in [2.75, 3.05) is 20.8 Å². The summed E-state index contributed by atoms with van der Waals surface area (Å²) in [7, 11) is 2.85. The minimum absolute atomic E-state index is 0.488. The van der Waals surface area contributed by atoms with Gasteiger partial charge in [-0.05, 0) is 24.6 Å². The third-order valence-corrected chi connectivity index (χ3v) is 2.30. The van der Waals surface area contributed by atoms with E-state index in [2.05, 4.69) is 4.74 Å². The first-order chi connectivity index (χ1) is 8.13. The molecule has 0 spiro atoms. The van der Waals surface area contributed by atoms with Crippen molar-refractivity contribution in [1.82, 2.24) is 0 Å². The molecule has 0 amide bonds. The maximum Gasteiger partial charge on any atom is 0.327 e. The Hall–Kier alpha value is -1.75. The number of nitrogens with two attached hydrogens (primary N) is 1. The van der Waals surface area contributed by atoms with Gasteiger partial charge in [0, 0.05) is 0 Å². The molecule has 1 atom stereocenters. The molecular formula is C12H17NO4. The molecule has 5 nitrogen and oxygen atoms in total. The summed E-state index contributed by atoms with van der Waals surface area (Å²) in [6.07, 6.45) is 0. The summed E-state index contributed by atoms with van der Waals surface area (Å²) in [4.78, 5) is 11.3. The van der Waals surface area contributed by atoms with E-state index < -0.39 is 12.0 Å². The van der Waals surface area contributed by atoms with Crippen LogP contribution in [0.25, 0.3) is 0 Å². The second-order valence-electron chi connectivity index (χ2n) is 3.34. The molecule has 0 unspecified atom stereocenters. The summed E-state index contributed by atoms with van der Waals surface area (Å²) < 4.78 is 15.1. The van der Waals surface area contributed by atoms with Gasteiger partial charge in [-0.15, -0.1) is 0 Å². The van der Waals surface area contributed by atoms with Crippen LogP contribution in [0, 0.1) is 0 Å². The molecular weight excluding hydrogens is 222 g/mol. The number of hydrogen-bond donors (Lipinski definition) is 1. The lowest BCUT2D eigenvalue weighted by atomic mass is 10.1. The second kappa shape index (κ2) is 6.10. The number of ether oxygens (including phenoxy) is 3. The minimum atomic E-state index is -0.815. The van der Waals surface area contributed by atoms with Gasteiger partial charge in [-0.1, -0.05) is 6.07 Å². The average molecular weight is 239 g/mol. The minimum Gasteiger partial charge on any atom is -0.493 e. The standard InChI is InChI=1S/C12H17NO4/c1-4-17-10-7-8(5-6-9(10)15-2)11(13)12(14)16-3/h5-7,11H,4,13H2,1-3H3/t11-/m1/s1. The monoisotopic (exact) mass is 239 g/mol. The Morgan fingerprint density at radius 2 is 2.06 bits per heavy atom. The largest absolute Gasteiger partial charge is 0.493 e. The van der Waals surface area contributed by atoms with Crippen molar-refractivity contribution < 1.29 is 19.0 Å². The molecule has 1 aromatic rings. The Labute approximate surface area is 100 Å². The Balaban J connectivity index is 3.02. The van der Waals surface area contributed by atoms with Crippen molar-refractivity contribution in [2.45, 2.75) is 13.0 Å². The Kier molecular flexibility index (Phi) is 4.78. The zero-order chi connectivity index (χ0) is 12.8. The summed E-state index contributed by atoms with van der Waals surface area (Å²) >= 11 is 0. The number of carbonyl (C=O) groups excluding carboxylic acids is 1. The van der Waals surface area contributed by atoms with E-state index in [-0.39, 0.29) is 0 Å². The third-order valence-electron chi connectivity index (χ3n) is 2.30. The normalized spacial score (nSPS) is 11.8. The molecule has 0 heterocycles. The van der Waals surface area contributed by atoms with Crippen molar-refractivity contribution >= 4 is 5.97 Å². The predicted molar refractivity (Wildman–Crippen MR) is 63.1 cm³/mol. The number of methoxy groups -OCH3 is 2. The van der Waals surface area contributed by atoms with E-state index in [9.17, 15) is 4.79 Å². The van der Waals surface area contributed by atoms with E-state index in [0.717, 1.165) is 0 Å². The fourth-order valence-corrected chi connectivity index (χ4v) is 1.42. The Bertz CT molecular complexity index is 392. The van der Waals surface area contributed by atoms with Gasteiger partial charge in [0.05, 0.1) is 20.8 Å². The second-order valence-corrected chi connectivity index (χ2v) is 3.34. The van der Waals surface area contributed by atoms with Gasteiger partial charge < -0.3 is 19.9 Å². The smallest absolute Gasteiger partial charge is 0.327 e. The summed E-state index contributed by atoms with van der Waals surface area (Å²) in [5, 5.41) is 0. The SMILES string of the molecule is CCOc1cc([C@@H](N)C(=O)OC)ccc1OC. The zero-order valence-corrected chi connectivity index (χ0v) is 10.2. The quantitative estimate of drug-likeness (QED) is 0.783. The van der Waals surface area contributed by atoms with Crippen LogP contribution in [0.2, 0.25) is 0 Å². The van der Waals surface area contributed by atoms with Crippen LogP contribution in [0.1, 0.15) is 18.5 Å². The molecule has 2 N–H and O–H groups in total. The van der Waals surface area contributed by atoms with Gasteiger partial charge in [0.25, 0.3) is 0 Å². The summed E-state index contributed by atoms with van der Waals surface area (Å²) in [5.74, 6) is 0.678. The lowest BCUT2D eigenvalue weighted by molar-refractivity contribution is -0.142. The number of carbonyl (C=O) groups is 1. The van der Waals surface area contributed by atoms with Crippen molar-refractivity contribution in [3.63, 3.8) is 0 Å².